The predicted octanol–water partition coefficient (Wildman–Crippen LogP) is 0.124. The number of sulfonamides is 1. The highest BCUT2D eigenvalue weighted by Gasteiger charge is 2.44. The van der Waals surface area contributed by atoms with Crippen LogP contribution in [-0.4, -0.2) is 86.5 Å². The summed E-state index contributed by atoms with van der Waals surface area (Å²) >= 11 is 0. The molecule has 3 aliphatic rings. The first-order chi connectivity index (χ1) is 15.8. The van der Waals surface area contributed by atoms with Gasteiger partial charge in [0.15, 0.2) is 0 Å². The highest BCUT2D eigenvalue weighted by Crippen LogP contribution is 2.54. The van der Waals surface area contributed by atoms with Crippen molar-refractivity contribution in [3.8, 4) is 0 Å². The number of carbonyl (C=O) groups is 2. The molecule has 4 rings (SSSR count). The molecule has 182 valence electrons. The zero-order valence-electron chi connectivity index (χ0n) is 18.6. The van der Waals surface area contributed by atoms with Crippen LogP contribution >= 0.6 is 0 Å². The third-order valence-corrected chi connectivity index (χ3v) is 8.24. The smallest absolute Gasteiger partial charge is 0.254 e. The van der Waals surface area contributed by atoms with Gasteiger partial charge in [-0.1, -0.05) is 0 Å². The van der Waals surface area contributed by atoms with Crippen LogP contribution in [0.3, 0.4) is 0 Å². The van der Waals surface area contributed by atoms with Crippen LogP contribution < -0.4 is 14.9 Å². The summed E-state index contributed by atoms with van der Waals surface area (Å²) in [6.45, 7) is 1.67. The molecule has 1 aromatic carbocycles. The van der Waals surface area contributed by atoms with Gasteiger partial charge < -0.3 is 25.3 Å². The minimum atomic E-state index is -3.70. The van der Waals surface area contributed by atoms with Gasteiger partial charge >= 0.3 is 0 Å². The van der Waals surface area contributed by atoms with Crippen LogP contribution in [0.15, 0.2) is 18.2 Å². The van der Waals surface area contributed by atoms with E-state index in [-0.39, 0.29) is 25.0 Å². The summed E-state index contributed by atoms with van der Waals surface area (Å²) in [6, 6.07) is 4.11. The Morgan fingerprint density at radius 2 is 1.82 bits per heavy atom. The number of likely N-dealkylation sites (tertiary alicyclic amines) is 1. The van der Waals surface area contributed by atoms with Crippen molar-refractivity contribution in [1.82, 2.24) is 10.2 Å². The van der Waals surface area contributed by atoms with Crippen molar-refractivity contribution < 1.29 is 28.2 Å². The summed E-state index contributed by atoms with van der Waals surface area (Å²) < 4.78 is 26.7. The number of aliphatic hydroxyl groups is 2. The molecule has 0 bridgehead atoms. The summed E-state index contributed by atoms with van der Waals surface area (Å²) in [5, 5.41) is 20.9. The molecule has 1 unspecified atom stereocenters. The van der Waals surface area contributed by atoms with Crippen molar-refractivity contribution in [3.05, 3.63) is 23.8 Å². The zero-order valence-corrected chi connectivity index (χ0v) is 19.4. The molecular formula is C22H32N4O6S. The number of carbonyl (C=O) groups excluding carboxylic acids is 2. The maximum absolute atomic E-state index is 13.2. The molecule has 0 aromatic heterocycles. The van der Waals surface area contributed by atoms with Crippen LogP contribution in [0.2, 0.25) is 0 Å². The molecule has 33 heavy (non-hydrogen) atoms. The highest BCUT2D eigenvalue weighted by atomic mass is 32.2. The number of nitrogens with one attached hydrogen (secondary N) is 2. The summed E-state index contributed by atoms with van der Waals surface area (Å²) in [4.78, 5) is 29.3. The topological polar surface area (TPSA) is 139 Å². The third-order valence-electron chi connectivity index (χ3n) is 6.97. The lowest BCUT2D eigenvalue weighted by Crippen LogP contribution is -2.43. The van der Waals surface area contributed by atoms with E-state index in [2.05, 4.69) is 14.9 Å². The van der Waals surface area contributed by atoms with E-state index < -0.39 is 28.4 Å². The van der Waals surface area contributed by atoms with Crippen LogP contribution in [-0.2, 0) is 14.8 Å². The molecule has 3 fully saturated rings. The predicted molar refractivity (Wildman–Crippen MR) is 124 cm³/mol. The quantitative estimate of drug-likeness (QED) is 0.394. The van der Waals surface area contributed by atoms with Gasteiger partial charge in [0.25, 0.3) is 5.91 Å². The van der Waals surface area contributed by atoms with E-state index in [0.29, 0.717) is 35.3 Å². The number of anilines is 2. The third kappa shape index (κ3) is 5.42. The highest BCUT2D eigenvalue weighted by molar-refractivity contribution is 7.92. The fourth-order valence-electron chi connectivity index (χ4n) is 4.75. The Morgan fingerprint density at radius 1 is 1.09 bits per heavy atom. The molecule has 4 N–H and O–H groups in total. The van der Waals surface area contributed by atoms with Gasteiger partial charge in [0, 0.05) is 26.2 Å². The summed E-state index contributed by atoms with van der Waals surface area (Å²) in [6.07, 6.45) is 5.02. The lowest BCUT2D eigenvalue weighted by atomic mass is 9.93. The average Bonchev–Trinajstić information content (AvgIpc) is 3.45. The van der Waals surface area contributed by atoms with E-state index in [0.717, 1.165) is 25.9 Å². The number of rotatable bonds is 9. The van der Waals surface area contributed by atoms with Gasteiger partial charge in [-0.15, -0.1) is 0 Å². The molecule has 10 nitrogen and oxygen atoms in total. The van der Waals surface area contributed by atoms with Crippen molar-refractivity contribution >= 4 is 33.2 Å². The van der Waals surface area contributed by atoms with Gasteiger partial charge in [-0.25, -0.2) is 8.42 Å². The fourth-order valence-corrected chi connectivity index (χ4v) is 5.58. The summed E-state index contributed by atoms with van der Waals surface area (Å²) in [5.41, 5.74) is 1.78. The molecule has 1 aromatic rings. The largest absolute Gasteiger partial charge is 0.395 e. The van der Waals surface area contributed by atoms with Crippen LogP contribution in [0.5, 0.6) is 0 Å². The number of hydrogen-bond donors (Lipinski definition) is 4. The number of β-amino-alcohol motifs (C(OH)–C–C–N with tert-alkyl or cyclic N) is 1. The Labute approximate surface area is 194 Å². The monoisotopic (exact) mass is 480 g/mol. The Morgan fingerprint density at radius 3 is 2.45 bits per heavy atom. The number of piperidine rings is 1. The number of amides is 2. The molecular weight excluding hydrogens is 448 g/mol. The van der Waals surface area contributed by atoms with Gasteiger partial charge in [-0.05, 0) is 55.7 Å². The lowest BCUT2D eigenvalue weighted by molar-refractivity contribution is -0.129. The van der Waals surface area contributed by atoms with E-state index >= 15 is 0 Å². The second kappa shape index (κ2) is 9.47. The van der Waals surface area contributed by atoms with E-state index in [1.54, 1.807) is 12.1 Å². The Kier molecular flexibility index (Phi) is 6.83. The normalized spacial score (nSPS) is 22.0. The average molecular weight is 481 g/mol. The molecule has 0 radical (unpaired) electrons. The number of nitrogens with zero attached hydrogens (tertiary/aromatic N) is 2. The SMILES string of the molecule is O=C(NC1CCN(CCO)C1=O)c1ccc(NS(=O)(=O)CCO)cc1N1CCC2(CC1)CC2. The second-order valence-electron chi connectivity index (χ2n) is 9.23. The van der Waals surface area contributed by atoms with Crippen molar-refractivity contribution in [3.63, 3.8) is 0 Å². The maximum Gasteiger partial charge on any atom is 0.254 e. The van der Waals surface area contributed by atoms with Gasteiger partial charge in [-0.2, -0.15) is 0 Å². The number of hydrogen-bond acceptors (Lipinski definition) is 7. The van der Waals surface area contributed by atoms with Gasteiger partial charge in [0.1, 0.15) is 6.04 Å². The molecule has 11 heteroatoms. The summed E-state index contributed by atoms with van der Waals surface area (Å²) in [7, 11) is -3.70. The molecule has 1 saturated carbocycles. The van der Waals surface area contributed by atoms with Crippen LogP contribution in [0, 0.1) is 5.41 Å². The van der Waals surface area contributed by atoms with Gasteiger partial charge in [0.05, 0.1) is 35.9 Å². The maximum atomic E-state index is 13.2. The van der Waals surface area contributed by atoms with Crippen molar-refractivity contribution in [2.24, 2.45) is 5.41 Å². The Bertz CT molecular complexity index is 1000. The van der Waals surface area contributed by atoms with Crippen molar-refractivity contribution in [2.45, 2.75) is 38.1 Å². The van der Waals surface area contributed by atoms with Crippen LogP contribution in [0.1, 0.15) is 42.5 Å². The lowest BCUT2D eigenvalue weighted by Gasteiger charge is -2.35. The molecule has 1 atom stereocenters. The standard InChI is InChI=1S/C22H32N4O6S/c27-12-11-26-8-3-18(21(26)30)23-20(29)17-2-1-16(24-33(31,32)14-13-28)15-19(17)25-9-6-22(4-5-22)7-10-25/h1-2,15,18,24,27-28H,3-14H2,(H,23,29). The van der Waals surface area contributed by atoms with Crippen molar-refractivity contribution in [1.29, 1.82) is 0 Å². The fraction of sp³-hybridized carbons (Fsp3) is 0.636. The molecule has 2 aliphatic heterocycles. The Balaban J connectivity index is 1.55. The first-order valence-electron chi connectivity index (χ1n) is 11.5. The number of benzene rings is 1. The zero-order chi connectivity index (χ0) is 23.6. The minimum Gasteiger partial charge on any atom is -0.395 e. The van der Waals surface area contributed by atoms with Gasteiger partial charge in [0.2, 0.25) is 15.9 Å². The van der Waals surface area contributed by atoms with Crippen molar-refractivity contribution in [2.75, 3.05) is 54.8 Å². The van der Waals surface area contributed by atoms with E-state index in [1.165, 1.54) is 23.8 Å². The van der Waals surface area contributed by atoms with E-state index in [9.17, 15) is 18.0 Å². The van der Waals surface area contributed by atoms with Crippen LogP contribution in [0.4, 0.5) is 11.4 Å². The first-order valence-corrected chi connectivity index (χ1v) is 13.1. The van der Waals surface area contributed by atoms with Gasteiger partial charge in [-0.3, -0.25) is 14.3 Å². The Hall–Kier alpha value is -2.37. The van der Waals surface area contributed by atoms with E-state index in [4.69, 9.17) is 10.2 Å². The van der Waals surface area contributed by atoms with Crippen LogP contribution in [0.25, 0.3) is 0 Å². The number of aliphatic hydroxyl groups excluding tert-OH is 2. The molecule has 2 heterocycles. The van der Waals surface area contributed by atoms with E-state index in [1.807, 2.05) is 0 Å². The molecule has 2 amide bonds. The summed E-state index contributed by atoms with van der Waals surface area (Å²) in [5.74, 6) is -1.00. The molecule has 1 aliphatic carbocycles. The first kappa shape index (κ1) is 23.8. The molecule has 2 saturated heterocycles. The minimum absolute atomic E-state index is 0.124. The molecule has 1 spiro atoms. The second-order valence-corrected chi connectivity index (χ2v) is 11.1.